The van der Waals surface area contributed by atoms with E-state index in [1.165, 1.54) is 11.3 Å². The van der Waals surface area contributed by atoms with Gasteiger partial charge in [-0.25, -0.2) is 4.98 Å². The highest BCUT2D eigenvalue weighted by Crippen LogP contribution is 2.38. The first-order chi connectivity index (χ1) is 12.0. The number of nitrogens with zero attached hydrogens (tertiary/aromatic N) is 3. The van der Waals surface area contributed by atoms with E-state index in [1.54, 1.807) is 4.57 Å². The van der Waals surface area contributed by atoms with Gasteiger partial charge in [0.25, 0.3) is 5.56 Å². The standard InChI is InChI=1S/C14H15N5O4S2/c15-14-17-11-7(12(22)18-14)16-10(6-2-1-3-25-6)19(11)13-9(24)8(21)5(4-20)23-13/h1-3,5,8-9,13,20-21,24H,4H2,(H3,15,17,18,22)/t5-,8-,9-,13-/m1/s1. The molecule has 0 saturated carbocycles. The summed E-state index contributed by atoms with van der Waals surface area (Å²) >= 11 is 5.86. The molecule has 5 N–H and O–H groups in total. The Morgan fingerprint density at radius 3 is 2.92 bits per heavy atom. The number of nitrogens with one attached hydrogen (secondary N) is 1. The second-order valence-corrected chi connectivity index (χ2v) is 7.18. The van der Waals surface area contributed by atoms with E-state index in [0.717, 1.165) is 4.88 Å². The summed E-state index contributed by atoms with van der Waals surface area (Å²) in [4.78, 5) is 24.0. The highest BCUT2D eigenvalue weighted by atomic mass is 32.1. The van der Waals surface area contributed by atoms with Gasteiger partial charge >= 0.3 is 0 Å². The fourth-order valence-electron chi connectivity index (χ4n) is 2.91. The number of rotatable bonds is 3. The molecule has 0 spiro atoms. The molecule has 1 fully saturated rings. The topological polar surface area (TPSA) is 139 Å². The molecule has 0 unspecified atom stereocenters. The molecule has 9 nitrogen and oxygen atoms in total. The number of nitrogen functional groups attached to an aromatic ring is 1. The Labute approximate surface area is 150 Å². The summed E-state index contributed by atoms with van der Waals surface area (Å²) < 4.78 is 7.36. The number of anilines is 1. The minimum absolute atomic E-state index is 0.0515. The number of thiophene rings is 1. The molecule has 11 heteroatoms. The highest BCUT2D eigenvalue weighted by Gasteiger charge is 2.44. The summed E-state index contributed by atoms with van der Waals surface area (Å²) in [5, 5.41) is 20.9. The molecule has 25 heavy (non-hydrogen) atoms. The number of imidazole rings is 1. The first kappa shape index (κ1) is 16.5. The third-order valence-electron chi connectivity index (χ3n) is 4.08. The van der Waals surface area contributed by atoms with Gasteiger partial charge in [0.15, 0.2) is 23.2 Å². The van der Waals surface area contributed by atoms with E-state index >= 15 is 0 Å². The number of ether oxygens (including phenoxy) is 1. The van der Waals surface area contributed by atoms with Gasteiger partial charge in [-0.05, 0) is 11.4 Å². The molecule has 1 aliphatic rings. The number of hydrogen-bond acceptors (Lipinski definition) is 9. The maximum absolute atomic E-state index is 12.2. The second kappa shape index (κ2) is 6.11. The number of hydrogen-bond donors (Lipinski definition) is 5. The Morgan fingerprint density at radius 2 is 2.28 bits per heavy atom. The number of aliphatic hydroxyl groups excluding tert-OH is 2. The van der Waals surface area contributed by atoms with Crippen LogP contribution in [0.25, 0.3) is 21.9 Å². The zero-order chi connectivity index (χ0) is 17.7. The number of nitrogens with two attached hydrogens (primary N) is 1. The van der Waals surface area contributed by atoms with Crippen molar-refractivity contribution in [2.24, 2.45) is 0 Å². The van der Waals surface area contributed by atoms with E-state index < -0.39 is 29.2 Å². The van der Waals surface area contributed by atoms with Crippen molar-refractivity contribution < 1.29 is 14.9 Å². The molecule has 0 radical (unpaired) electrons. The molecule has 0 aliphatic carbocycles. The fraction of sp³-hybridized carbons (Fsp3) is 0.357. The fourth-order valence-corrected chi connectivity index (χ4v) is 4.02. The minimum atomic E-state index is -0.980. The molecular weight excluding hydrogens is 366 g/mol. The Hall–Kier alpha value is -1.92. The van der Waals surface area contributed by atoms with E-state index in [0.29, 0.717) is 5.82 Å². The Balaban J connectivity index is 1.98. The van der Waals surface area contributed by atoms with Crippen molar-refractivity contribution in [2.75, 3.05) is 12.3 Å². The molecule has 1 aliphatic heterocycles. The van der Waals surface area contributed by atoms with Crippen molar-refractivity contribution in [3.63, 3.8) is 0 Å². The zero-order valence-electron chi connectivity index (χ0n) is 12.7. The summed E-state index contributed by atoms with van der Waals surface area (Å²) in [6.45, 7) is -0.355. The van der Waals surface area contributed by atoms with E-state index in [1.807, 2.05) is 17.5 Å². The largest absolute Gasteiger partial charge is 0.394 e. The quantitative estimate of drug-likeness (QED) is 0.402. The minimum Gasteiger partial charge on any atom is -0.394 e. The SMILES string of the molecule is Nc1nc2c(nc(-c3cccs3)n2[C@@H]2O[C@H](CO)[C@@H](O)[C@H]2S)c(=O)[nH]1. The van der Waals surface area contributed by atoms with Crippen molar-refractivity contribution in [3.05, 3.63) is 27.9 Å². The normalized spacial score (nSPS) is 26.5. The lowest BCUT2D eigenvalue weighted by Gasteiger charge is -2.19. The molecule has 4 heterocycles. The summed E-state index contributed by atoms with van der Waals surface area (Å²) in [5.74, 6) is 0.410. The van der Waals surface area contributed by atoms with Gasteiger partial charge in [-0.3, -0.25) is 14.3 Å². The average Bonchev–Trinajstić information content (AvgIpc) is 3.27. The Bertz CT molecular complexity index is 970. The van der Waals surface area contributed by atoms with Crippen molar-refractivity contribution in [2.45, 2.75) is 23.7 Å². The molecule has 3 aromatic heterocycles. The van der Waals surface area contributed by atoms with Crippen molar-refractivity contribution in [3.8, 4) is 10.7 Å². The molecule has 0 amide bonds. The second-order valence-electron chi connectivity index (χ2n) is 5.63. The van der Waals surface area contributed by atoms with Crippen LogP contribution >= 0.6 is 24.0 Å². The summed E-state index contributed by atoms with van der Waals surface area (Å²) in [5.41, 5.74) is 5.57. The van der Waals surface area contributed by atoms with Crippen molar-refractivity contribution >= 4 is 41.1 Å². The molecule has 1 saturated heterocycles. The van der Waals surface area contributed by atoms with Crippen LogP contribution in [0.5, 0.6) is 0 Å². The van der Waals surface area contributed by atoms with Crippen LogP contribution in [0.4, 0.5) is 5.95 Å². The third-order valence-corrected chi connectivity index (χ3v) is 5.51. The van der Waals surface area contributed by atoms with Gasteiger partial charge in [-0.1, -0.05) is 6.07 Å². The monoisotopic (exact) mass is 381 g/mol. The predicted octanol–water partition coefficient (Wildman–Crippen LogP) is -0.0207. The molecule has 4 rings (SSSR count). The third kappa shape index (κ3) is 2.55. The smallest absolute Gasteiger partial charge is 0.280 e. The van der Waals surface area contributed by atoms with Gasteiger partial charge in [-0.15, -0.1) is 11.3 Å². The van der Waals surface area contributed by atoms with Gasteiger partial charge in [0.1, 0.15) is 6.10 Å². The predicted molar refractivity (Wildman–Crippen MR) is 95.7 cm³/mol. The Kier molecular flexibility index (Phi) is 4.04. The first-order valence-electron chi connectivity index (χ1n) is 7.45. The molecule has 0 aromatic carbocycles. The summed E-state index contributed by atoms with van der Waals surface area (Å²) in [6, 6.07) is 3.71. The van der Waals surface area contributed by atoms with Crippen molar-refractivity contribution in [1.82, 2.24) is 19.5 Å². The highest BCUT2D eigenvalue weighted by molar-refractivity contribution is 7.81. The zero-order valence-corrected chi connectivity index (χ0v) is 14.4. The van der Waals surface area contributed by atoms with Gasteiger partial charge in [0, 0.05) is 0 Å². The van der Waals surface area contributed by atoms with Crippen LogP contribution in [0.3, 0.4) is 0 Å². The lowest BCUT2D eigenvalue weighted by atomic mass is 10.2. The number of aromatic amines is 1. The first-order valence-corrected chi connectivity index (χ1v) is 8.85. The molecule has 4 atom stereocenters. The van der Waals surface area contributed by atoms with Gasteiger partial charge in [0.05, 0.1) is 22.8 Å². The van der Waals surface area contributed by atoms with Crippen LogP contribution in [-0.4, -0.2) is 53.8 Å². The van der Waals surface area contributed by atoms with Gasteiger partial charge in [-0.2, -0.15) is 17.6 Å². The van der Waals surface area contributed by atoms with Crippen molar-refractivity contribution in [1.29, 1.82) is 0 Å². The van der Waals surface area contributed by atoms with E-state index in [4.69, 9.17) is 10.5 Å². The van der Waals surface area contributed by atoms with E-state index in [9.17, 15) is 15.0 Å². The lowest BCUT2D eigenvalue weighted by Crippen LogP contribution is -2.30. The molecule has 132 valence electrons. The average molecular weight is 381 g/mol. The van der Waals surface area contributed by atoms with Crippen LogP contribution < -0.4 is 11.3 Å². The van der Waals surface area contributed by atoms with Gasteiger partial charge in [0.2, 0.25) is 5.95 Å². The number of H-pyrrole nitrogens is 1. The lowest BCUT2D eigenvalue weighted by molar-refractivity contribution is -0.0425. The van der Waals surface area contributed by atoms with Crippen LogP contribution in [0.15, 0.2) is 22.3 Å². The molecule has 3 aromatic rings. The molecular formula is C14H15N5O4S2. The molecule has 0 bridgehead atoms. The van der Waals surface area contributed by atoms with E-state index in [2.05, 4.69) is 27.6 Å². The van der Waals surface area contributed by atoms with Crippen LogP contribution in [-0.2, 0) is 4.74 Å². The van der Waals surface area contributed by atoms with Crippen LogP contribution in [0.2, 0.25) is 0 Å². The number of fused-ring (bicyclic) bond motifs is 1. The van der Waals surface area contributed by atoms with Crippen LogP contribution in [0, 0.1) is 0 Å². The number of aromatic nitrogens is 4. The van der Waals surface area contributed by atoms with Gasteiger partial charge < -0.3 is 20.7 Å². The van der Waals surface area contributed by atoms with Crippen LogP contribution in [0.1, 0.15) is 6.23 Å². The maximum Gasteiger partial charge on any atom is 0.280 e. The number of thiol groups is 1. The number of aliphatic hydroxyl groups is 2. The van der Waals surface area contributed by atoms with E-state index in [-0.39, 0.29) is 23.7 Å². The maximum atomic E-state index is 12.2. The Morgan fingerprint density at radius 1 is 1.48 bits per heavy atom. The summed E-state index contributed by atoms with van der Waals surface area (Å²) in [7, 11) is 0. The summed E-state index contributed by atoms with van der Waals surface area (Å²) in [6.07, 6.45) is -2.54.